The number of hydrazine groups is 2. The van der Waals surface area contributed by atoms with Crippen LogP contribution < -0.4 is 16.4 Å². The number of rotatable bonds is 3. The van der Waals surface area contributed by atoms with Gasteiger partial charge in [0.1, 0.15) is 0 Å². The van der Waals surface area contributed by atoms with E-state index in [0.717, 1.165) is 12.1 Å². The number of alkyl halides is 3. The molecular weight excluding hydrogens is 219 g/mol. The maximum absolute atomic E-state index is 12.5. The molecule has 0 heterocycles. The number of anilines is 1. The second kappa shape index (κ2) is 4.71. The van der Waals surface area contributed by atoms with Crippen LogP contribution in [0.1, 0.15) is 18.1 Å². The van der Waals surface area contributed by atoms with E-state index in [1.807, 2.05) is 0 Å². The fourth-order valence-corrected chi connectivity index (χ4v) is 1.44. The Bertz CT molecular complexity index is 363. The average molecular weight is 233 g/mol. The van der Waals surface area contributed by atoms with E-state index in [1.54, 1.807) is 14.0 Å². The summed E-state index contributed by atoms with van der Waals surface area (Å²) < 4.78 is 37.4. The van der Waals surface area contributed by atoms with Crippen LogP contribution >= 0.6 is 0 Å². The van der Waals surface area contributed by atoms with Gasteiger partial charge >= 0.3 is 6.18 Å². The van der Waals surface area contributed by atoms with Crippen molar-refractivity contribution in [3.63, 3.8) is 0 Å². The Balaban J connectivity index is 3.17. The van der Waals surface area contributed by atoms with E-state index in [9.17, 15) is 13.2 Å². The molecule has 0 unspecified atom stereocenters. The molecule has 0 bridgehead atoms. The summed E-state index contributed by atoms with van der Waals surface area (Å²) in [6.45, 7) is 1.79. The lowest BCUT2D eigenvalue weighted by Gasteiger charge is -2.21. The smallest absolute Gasteiger partial charge is 0.298 e. The fourth-order valence-electron chi connectivity index (χ4n) is 1.44. The summed E-state index contributed by atoms with van der Waals surface area (Å²) in [6, 6.07) is 3.59. The molecule has 0 aliphatic carbocycles. The van der Waals surface area contributed by atoms with Crippen LogP contribution in [-0.2, 0) is 12.6 Å². The number of nitrogens with one attached hydrogen (secondary N) is 1. The van der Waals surface area contributed by atoms with Crippen molar-refractivity contribution in [3.05, 3.63) is 29.3 Å². The lowest BCUT2D eigenvalue weighted by molar-refractivity contribution is -0.137. The van der Waals surface area contributed by atoms with Crippen LogP contribution in [0.5, 0.6) is 0 Å². The van der Waals surface area contributed by atoms with Crippen molar-refractivity contribution in [2.24, 2.45) is 5.84 Å². The number of nitrogens with two attached hydrogens (primary N) is 1. The molecule has 0 aliphatic heterocycles. The quantitative estimate of drug-likeness (QED) is 0.620. The SMILES string of the molecule is CCc1cc(C(F)(F)F)ccc1N(C)NN. The summed E-state index contributed by atoms with van der Waals surface area (Å²) in [5, 5.41) is 1.47. The van der Waals surface area contributed by atoms with Gasteiger partial charge in [-0.05, 0) is 30.2 Å². The minimum absolute atomic E-state index is 0.505. The Kier molecular flexibility index (Phi) is 3.77. The molecule has 0 spiro atoms. The van der Waals surface area contributed by atoms with Crippen molar-refractivity contribution in [2.75, 3.05) is 12.1 Å². The van der Waals surface area contributed by atoms with Crippen LogP contribution in [0.4, 0.5) is 18.9 Å². The average Bonchev–Trinajstić information content (AvgIpc) is 2.26. The van der Waals surface area contributed by atoms with Gasteiger partial charge in [0.2, 0.25) is 0 Å². The third-order valence-electron chi connectivity index (χ3n) is 2.34. The minimum Gasteiger partial charge on any atom is -0.298 e. The Morgan fingerprint density at radius 1 is 1.38 bits per heavy atom. The molecule has 6 heteroatoms. The summed E-state index contributed by atoms with van der Waals surface area (Å²) in [6.07, 6.45) is -3.80. The highest BCUT2D eigenvalue weighted by atomic mass is 19.4. The molecule has 1 aromatic carbocycles. The lowest BCUT2D eigenvalue weighted by atomic mass is 10.1. The van der Waals surface area contributed by atoms with Gasteiger partial charge in [-0.2, -0.15) is 18.7 Å². The Morgan fingerprint density at radius 2 is 2.00 bits per heavy atom. The van der Waals surface area contributed by atoms with E-state index in [2.05, 4.69) is 5.53 Å². The number of hydrogen-bond acceptors (Lipinski definition) is 3. The fraction of sp³-hybridized carbons (Fsp3) is 0.400. The van der Waals surface area contributed by atoms with Crippen molar-refractivity contribution >= 4 is 5.69 Å². The molecule has 0 saturated carbocycles. The Hall–Kier alpha value is -1.27. The van der Waals surface area contributed by atoms with Gasteiger partial charge in [-0.15, -0.1) is 0 Å². The van der Waals surface area contributed by atoms with Crippen LogP contribution in [0.25, 0.3) is 0 Å². The first-order chi connectivity index (χ1) is 7.40. The molecule has 0 aromatic heterocycles. The molecule has 3 N–H and O–H groups in total. The number of nitrogens with zero attached hydrogens (tertiary/aromatic N) is 1. The van der Waals surface area contributed by atoms with Crippen molar-refractivity contribution in [2.45, 2.75) is 19.5 Å². The molecule has 16 heavy (non-hydrogen) atoms. The third-order valence-corrected chi connectivity index (χ3v) is 2.34. The van der Waals surface area contributed by atoms with Gasteiger partial charge in [-0.1, -0.05) is 6.92 Å². The van der Waals surface area contributed by atoms with Gasteiger partial charge in [0.05, 0.1) is 11.3 Å². The van der Waals surface area contributed by atoms with Crippen LogP contribution in [0, 0.1) is 0 Å². The highest BCUT2D eigenvalue weighted by molar-refractivity contribution is 5.54. The predicted molar refractivity (Wildman–Crippen MR) is 56.5 cm³/mol. The molecule has 0 saturated heterocycles. The largest absolute Gasteiger partial charge is 0.416 e. The van der Waals surface area contributed by atoms with Crippen LogP contribution in [0.3, 0.4) is 0 Å². The molecule has 90 valence electrons. The first-order valence-electron chi connectivity index (χ1n) is 4.80. The predicted octanol–water partition coefficient (Wildman–Crippen LogP) is 2.08. The second-order valence-electron chi connectivity index (χ2n) is 3.38. The lowest BCUT2D eigenvalue weighted by Crippen LogP contribution is -2.40. The maximum Gasteiger partial charge on any atom is 0.416 e. The number of hydrogen-bond donors (Lipinski definition) is 2. The van der Waals surface area contributed by atoms with Gasteiger partial charge in [0, 0.05) is 7.05 Å². The van der Waals surface area contributed by atoms with E-state index in [4.69, 9.17) is 5.84 Å². The summed E-state index contributed by atoms with van der Waals surface area (Å²) >= 11 is 0. The van der Waals surface area contributed by atoms with Crippen molar-refractivity contribution in [1.82, 2.24) is 5.53 Å². The normalized spacial score (nSPS) is 11.6. The van der Waals surface area contributed by atoms with E-state index < -0.39 is 11.7 Å². The molecule has 0 amide bonds. The topological polar surface area (TPSA) is 41.3 Å². The third kappa shape index (κ3) is 2.65. The maximum atomic E-state index is 12.5. The number of aryl methyl sites for hydroxylation is 1. The van der Waals surface area contributed by atoms with Gasteiger partial charge in [0.25, 0.3) is 0 Å². The zero-order valence-corrected chi connectivity index (χ0v) is 9.10. The highest BCUT2D eigenvalue weighted by Gasteiger charge is 2.30. The highest BCUT2D eigenvalue weighted by Crippen LogP contribution is 2.32. The Morgan fingerprint density at radius 3 is 2.44 bits per heavy atom. The molecule has 1 rings (SSSR count). The monoisotopic (exact) mass is 233 g/mol. The van der Waals surface area contributed by atoms with Crippen molar-refractivity contribution in [1.29, 1.82) is 0 Å². The first kappa shape index (κ1) is 12.8. The zero-order chi connectivity index (χ0) is 12.3. The Labute approximate surface area is 92.0 Å². The van der Waals surface area contributed by atoms with E-state index in [1.165, 1.54) is 11.1 Å². The molecule has 0 radical (unpaired) electrons. The number of benzene rings is 1. The first-order valence-corrected chi connectivity index (χ1v) is 4.80. The summed E-state index contributed by atoms with van der Waals surface area (Å²) in [5.74, 6) is 5.21. The van der Waals surface area contributed by atoms with E-state index >= 15 is 0 Å². The van der Waals surface area contributed by atoms with Gasteiger partial charge in [-0.25, -0.2) is 0 Å². The molecule has 0 aliphatic rings. The summed E-state index contributed by atoms with van der Waals surface area (Å²) in [4.78, 5) is 0. The van der Waals surface area contributed by atoms with Gasteiger partial charge in [-0.3, -0.25) is 10.9 Å². The molecule has 1 aromatic rings. The van der Waals surface area contributed by atoms with Gasteiger partial charge in [0.15, 0.2) is 0 Å². The minimum atomic E-state index is -4.31. The number of halogens is 3. The molecule has 0 fully saturated rings. The molecular formula is C10H14F3N3. The molecule has 3 nitrogen and oxygen atoms in total. The van der Waals surface area contributed by atoms with Crippen molar-refractivity contribution in [3.8, 4) is 0 Å². The van der Waals surface area contributed by atoms with E-state index in [0.29, 0.717) is 17.7 Å². The van der Waals surface area contributed by atoms with Crippen LogP contribution in [0.15, 0.2) is 18.2 Å². The molecule has 0 atom stereocenters. The van der Waals surface area contributed by atoms with E-state index in [-0.39, 0.29) is 0 Å². The second-order valence-corrected chi connectivity index (χ2v) is 3.38. The van der Waals surface area contributed by atoms with Crippen molar-refractivity contribution < 1.29 is 13.2 Å². The van der Waals surface area contributed by atoms with Crippen LogP contribution in [-0.4, -0.2) is 7.05 Å². The van der Waals surface area contributed by atoms with Crippen LogP contribution in [0.2, 0.25) is 0 Å². The zero-order valence-electron chi connectivity index (χ0n) is 9.10. The summed E-state index contributed by atoms with van der Waals surface area (Å²) in [7, 11) is 1.64. The summed E-state index contributed by atoms with van der Waals surface area (Å²) in [5.41, 5.74) is 2.96. The van der Waals surface area contributed by atoms with Gasteiger partial charge < -0.3 is 0 Å². The standard InChI is InChI=1S/C10H14F3N3/c1-3-7-6-8(10(11,12)13)4-5-9(7)16(2)15-14/h4-6,15H,3,14H2,1-2H3.